The van der Waals surface area contributed by atoms with Crippen LogP contribution in [-0.4, -0.2) is 16.7 Å². The van der Waals surface area contributed by atoms with Crippen molar-refractivity contribution in [3.05, 3.63) is 40.7 Å². The summed E-state index contributed by atoms with van der Waals surface area (Å²) in [5.74, 6) is 0.714. The summed E-state index contributed by atoms with van der Waals surface area (Å²) in [4.78, 5) is 4.27. The van der Waals surface area contributed by atoms with E-state index in [9.17, 15) is 0 Å². The third kappa shape index (κ3) is 3.06. The first-order valence-electron chi connectivity index (χ1n) is 5.81. The fraction of sp³-hybridized carbons (Fsp3) is 0.385. The van der Waals surface area contributed by atoms with E-state index in [1.807, 2.05) is 6.92 Å². The quantitative estimate of drug-likeness (QED) is 0.879. The van der Waals surface area contributed by atoms with E-state index in [-0.39, 0.29) is 0 Å². The molecule has 1 N–H and O–H groups in total. The first-order valence-corrected chi connectivity index (χ1v) is 5.81. The van der Waals surface area contributed by atoms with Gasteiger partial charge >= 0.3 is 6.01 Å². The molecule has 0 saturated heterocycles. The van der Waals surface area contributed by atoms with Crippen LogP contribution in [-0.2, 0) is 6.42 Å². The molecule has 1 aromatic heterocycles. The third-order valence-corrected chi connectivity index (χ3v) is 2.44. The van der Waals surface area contributed by atoms with Crippen LogP contribution < -0.4 is 5.32 Å². The second-order valence-corrected chi connectivity index (χ2v) is 4.22. The summed E-state index contributed by atoms with van der Waals surface area (Å²) < 4.78 is 5.07. The van der Waals surface area contributed by atoms with Crippen LogP contribution in [0.5, 0.6) is 0 Å². The molecule has 0 amide bonds. The Hall–Kier alpha value is -1.84. The Kier molecular flexibility index (Phi) is 3.42. The minimum Gasteiger partial charge on any atom is -0.338 e. The molecule has 90 valence electrons. The average Bonchev–Trinajstić information content (AvgIpc) is 2.64. The molecule has 0 bridgehead atoms. The average molecular weight is 231 g/mol. The second kappa shape index (κ2) is 4.99. The molecule has 0 spiro atoms. The highest BCUT2D eigenvalue weighted by Crippen LogP contribution is 2.13. The van der Waals surface area contributed by atoms with Gasteiger partial charge in [-0.1, -0.05) is 34.5 Å². The van der Waals surface area contributed by atoms with E-state index in [0.29, 0.717) is 18.3 Å². The van der Waals surface area contributed by atoms with Crippen LogP contribution in [0.25, 0.3) is 0 Å². The van der Waals surface area contributed by atoms with Gasteiger partial charge in [0.2, 0.25) is 0 Å². The number of hydrogen-bond acceptors (Lipinski definition) is 4. The van der Waals surface area contributed by atoms with Crippen molar-refractivity contribution >= 4 is 6.01 Å². The van der Waals surface area contributed by atoms with Gasteiger partial charge in [0.15, 0.2) is 5.82 Å². The zero-order chi connectivity index (χ0) is 12.3. The van der Waals surface area contributed by atoms with Crippen molar-refractivity contribution in [1.82, 2.24) is 10.1 Å². The Bertz CT molecular complexity index is 485. The van der Waals surface area contributed by atoms with Gasteiger partial charge in [0, 0.05) is 13.0 Å². The lowest BCUT2D eigenvalue weighted by molar-refractivity contribution is 0.424. The highest BCUT2D eigenvalue weighted by molar-refractivity contribution is 5.30. The molecule has 2 rings (SSSR count). The van der Waals surface area contributed by atoms with Gasteiger partial charge in [-0.15, -0.1) is 0 Å². The molecule has 4 nitrogen and oxygen atoms in total. The zero-order valence-electron chi connectivity index (χ0n) is 10.4. The number of nitrogens with zero attached hydrogens (tertiary/aromatic N) is 2. The predicted octanol–water partition coefficient (Wildman–Crippen LogP) is 2.71. The summed E-state index contributed by atoms with van der Waals surface area (Å²) in [6.45, 7) is 6.96. The summed E-state index contributed by atoms with van der Waals surface area (Å²) >= 11 is 0. The van der Waals surface area contributed by atoms with Gasteiger partial charge in [-0.25, -0.2) is 0 Å². The van der Waals surface area contributed by atoms with Crippen molar-refractivity contribution in [2.75, 3.05) is 11.9 Å². The van der Waals surface area contributed by atoms with E-state index in [0.717, 1.165) is 6.54 Å². The minimum absolute atomic E-state index is 0.492. The number of hydrogen-bond donors (Lipinski definition) is 1. The molecule has 0 aliphatic rings. The molecule has 0 saturated carbocycles. The molecule has 0 fully saturated rings. The van der Waals surface area contributed by atoms with Crippen molar-refractivity contribution in [1.29, 1.82) is 0 Å². The smallest absolute Gasteiger partial charge is 0.321 e. The molecule has 0 aliphatic heterocycles. The monoisotopic (exact) mass is 231 g/mol. The summed E-state index contributed by atoms with van der Waals surface area (Å²) in [6, 6.07) is 6.95. The Morgan fingerprint density at radius 3 is 2.53 bits per heavy atom. The fourth-order valence-corrected chi connectivity index (χ4v) is 1.90. The molecule has 0 atom stereocenters. The van der Waals surface area contributed by atoms with E-state index in [1.165, 1.54) is 16.7 Å². The Morgan fingerprint density at radius 2 is 1.88 bits per heavy atom. The summed E-state index contributed by atoms with van der Waals surface area (Å²) in [7, 11) is 0. The molecule has 17 heavy (non-hydrogen) atoms. The van der Waals surface area contributed by atoms with E-state index in [1.54, 1.807) is 0 Å². The van der Waals surface area contributed by atoms with Crippen molar-refractivity contribution in [2.45, 2.75) is 27.2 Å². The van der Waals surface area contributed by atoms with Gasteiger partial charge in [0.25, 0.3) is 0 Å². The molecule has 4 heteroatoms. The first kappa shape index (κ1) is 11.6. The number of benzene rings is 1. The highest BCUT2D eigenvalue weighted by atomic mass is 16.5. The lowest BCUT2D eigenvalue weighted by Gasteiger charge is -2.01. The fourth-order valence-electron chi connectivity index (χ4n) is 1.90. The molecule has 0 radical (unpaired) electrons. The van der Waals surface area contributed by atoms with Gasteiger partial charge in [-0.3, -0.25) is 0 Å². The molecule has 0 unspecified atom stereocenters. The normalized spacial score (nSPS) is 10.5. The van der Waals surface area contributed by atoms with Crippen LogP contribution in [0.15, 0.2) is 22.7 Å². The third-order valence-electron chi connectivity index (χ3n) is 2.44. The van der Waals surface area contributed by atoms with Crippen LogP contribution in [0.4, 0.5) is 6.01 Å². The molecule has 0 aliphatic carbocycles. The van der Waals surface area contributed by atoms with Gasteiger partial charge in [0.1, 0.15) is 0 Å². The SMILES string of the molecule is CCNc1nc(Cc2cc(C)cc(C)c2)no1. The first-order chi connectivity index (χ1) is 8.17. The Labute approximate surface area is 101 Å². The Morgan fingerprint density at radius 1 is 1.18 bits per heavy atom. The second-order valence-electron chi connectivity index (χ2n) is 4.22. The molecular formula is C13H17N3O. The van der Waals surface area contributed by atoms with Gasteiger partial charge in [-0.2, -0.15) is 4.98 Å². The maximum Gasteiger partial charge on any atom is 0.321 e. The van der Waals surface area contributed by atoms with E-state index >= 15 is 0 Å². The Balaban J connectivity index is 2.13. The van der Waals surface area contributed by atoms with Crippen LogP contribution in [0.1, 0.15) is 29.4 Å². The van der Waals surface area contributed by atoms with Crippen molar-refractivity contribution in [2.24, 2.45) is 0 Å². The largest absolute Gasteiger partial charge is 0.338 e. The van der Waals surface area contributed by atoms with Gasteiger partial charge in [-0.05, 0) is 26.3 Å². The maximum atomic E-state index is 5.07. The van der Waals surface area contributed by atoms with Crippen LogP contribution >= 0.6 is 0 Å². The van der Waals surface area contributed by atoms with E-state index in [2.05, 4.69) is 47.5 Å². The lowest BCUT2D eigenvalue weighted by atomic mass is 10.1. The number of aryl methyl sites for hydroxylation is 2. The molecule has 1 heterocycles. The summed E-state index contributed by atoms with van der Waals surface area (Å²) in [5.41, 5.74) is 3.73. The van der Waals surface area contributed by atoms with Crippen LogP contribution in [0.3, 0.4) is 0 Å². The van der Waals surface area contributed by atoms with Crippen molar-refractivity contribution < 1.29 is 4.52 Å². The lowest BCUT2D eigenvalue weighted by Crippen LogP contribution is -1.97. The number of anilines is 1. The zero-order valence-corrected chi connectivity index (χ0v) is 10.4. The van der Waals surface area contributed by atoms with Gasteiger partial charge in [0.05, 0.1) is 0 Å². The van der Waals surface area contributed by atoms with Gasteiger partial charge < -0.3 is 9.84 Å². The molecular weight excluding hydrogens is 214 g/mol. The van der Waals surface area contributed by atoms with Crippen LogP contribution in [0.2, 0.25) is 0 Å². The topological polar surface area (TPSA) is 51.0 Å². The van der Waals surface area contributed by atoms with Crippen molar-refractivity contribution in [3.63, 3.8) is 0 Å². The van der Waals surface area contributed by atoms with Crippen LogP contribution in [0, 0.1) is 13.8 Å². The molecule has 1 aromatic carbocycles. The number of nitrogens with one attached hydrogen (secondary N) is 1. The van der Waals surface area contributed by atoms with Crippen molar-refractivity contribution in [3.8, 4) is 0 Å². The summed E-state index contributed by atoms with van der Waals surface area (Å²) in [6.07, 6.45) is 0.706. The van der Waals surface area contributed by atoms with E-state index in [4.69, 9.17) is 4.52 Å². The van der Waals surface area contributed by atoms with E-state index < -0.39 is 0 Å². The summed E-state index contributed by atoms with van der Waals surface area (Å²) in [5, 5.41) is 6.94. The molecule has 2 aromatic rings. The number of aromatic nitrogens is 2. The highest BCUT2D eigenvalue weighted by Gasteiger charge is 2.06. The predicted molar refractivity (Wildman–Crippen MR) is 67.2 cm³/mol. The minimum atomic E-state index is 0.492. The number of rotatable bonds is 4. The maximum absolute atomic E-state index is 5.07. The standard InChI is InChI=1S/C13H17N3O/c1-4-14-13-15-12(16-17-13)8-11-6-9(2)5-10(3)7-11/h5-7H,4,8H2,1-3H3,(H,14,15,16).